The Labute approximate surface area is 184 Å². The largest absolute Gasteiger partial charge is 0.272 e. The maximum Gasteiger partial charge on any atom is 0.250 e. The van der Waals surface area contributed by atoms with Gasteiger partial charge in [0.1, 0.15) is 0 Å². The number of aryl methyl sites for hydroxylation is 4. The Morgan fingerprint density at radius 3 is 2.10 bits per heavy atom. The fourth-order valence-electron chi connectivity index (χ4n) is 5.15. The summed E-state index contributed by atoms with van der Waals surface area (Å²) in [5.41, 5.74) is 9.49. The molecule has 1 saturated heterocycles. The summed E-state index contributed by atoms with van der Waals surface area (Å²) in [6.07, 6.45) is 6.41. The van der Waals surface area contributed by atoms with Gasteiger partial charge in [0.25, 0.3) is 5.91 Å². The van der Waals surface area contributed by atoms with E-state index in [4.69, 9.17) is 5.10 Å². The quantitative estimate of drug-likeness (QED) is 0.684. The van der Waals surface area contributed by atoms with E-state index in [2.05, 4.69) is 69.0 Å². The first-order valence-electron chi connectivity index (χ1n) is 11.3. The zero-order chi connectivity index (χ0) is 21.9. The average Bonchev–Trinajstić information content (AvgIpc) is 2.75. The number of carbonyl (C=O) groups is 1. The van der Waals surface area contributed by atoms with Gasteiger partial charge in [0.05, 0.1) is 24.4 Å². The molecule has 5 nitrogen and oxygen atoms in total. The maximum absolute atomic E-state index is 13.8. The summed E-state index contributed by atoms with van der Waals surface area (Å²) in [6, 6.07) is 8.78. The summed E-state index contributed by atoms with van der Waals surface area (Å²) in [5, 5.41) is 13.4. The monoisotopic (exact) mass is 414 g/mol. The third-order valence-corrected chi connectivity index (χ3v) is 7.21. The smallest absolute Gasteiger partial charge is 0.250 e. The Balaban J connectivity index is 1.69. The number of unbranched alkanes of at least 4 members (excludes halogenated alkanes) is 1. The minimum absolute atomic E-state index is 0.0673. The van der Waals surface area contributed by atoms with Gasteiger partial charge >= 0.3 is 0 Å². The Bertz CT molecular complexity index is 1130. The second-order valence-corrected chi connectivity index (χ2v) is 9.25. The van der Waals surface area contributed by atoms with Crippen molar-refractivity contribution in [1.29, 1.82) is 0 Å². The van der Waals surface area contributed by atoms with Gasteiger partial charge in [-0.1, -0.05) is 31.9 Å². The highest BCUT2D eigenvalue weighted by Crippen LogP contribution is 2.49. The fourth-order valence-corrected chi connectivity index (χ4v) is 5.15. The number of fused-ring (bicyclic) bond motifs is 7. The molecule has 0 N–H and O–H groups in total. The van der Waals surface area contributed by atoms with Crippen LogP contribution in [0.1, 0.15) is 82.9 Å². The molecule has 3 aliphatic rings. The van der Waals surface area contributed by atoms with E-state index >= 15 is 0 Å². The van der Waals surface area contributed by atoms with Gasteiger partial charge in [-0.3, -0.25) is 9.80 Å². The van der Waals surface area contributed by atoms with Crippen molar-refractivity contribution in [2.75, 3.05) is 0 Å². The third kappa shape index (κ3) is 3.01. The lowest BCUT2D eigenvalue weighted by molar-refractivity contribution is -0.161. The van der Waals surface area contributed by atoms with Gasteiger partial charge in [0.15, 0.2) is 6.17 Å². The molecule has 0 saturated carbocycles. The van der Waals surface area contributed by atoms with Crippen molar-refractivity contribution in [1.82, 2.24) is 10.0 Å². The summed E-state index contributed by atoms with van der Waals surface area (Å²) >= 11 is 0. The van der Waals surface area contributed by atoms with Crippen LogP contribution in [-0.4, -0.2) is 28.4 Å². The van der Waals surface area contributed by atoms with Gasteiger partial charge in [0, 0.05) is 16.7 Å². The van der Waals surface area contributed by atoms with Crippen LogP contribution in [0.2, 0.25) is 0 Å². The minimum Gasteiger partial charge on any atom is -0.272 e. The van der Waals surface area contributed by atoms with E-state index in [0.29, 0.717) is 0 Å². The Morgan fingerprint density at radius 2 is 1.42 bits per heavy atom. The molecular weight excluding hydrogens is 384 g/mol. The molecule has 3 heterocycles. The molecule has 160 valence electrons. The molecule has 2 aromatic rings. The number of hydrazone groups is 2. The zero-order valence-electron chi connectivity index (χ0n) is 19.0. The Hall–Kier alpha value is -2.95. The molecule has 1 amide bonds. The lowest BCUT2D eigenvalue weighted by atomic mass is 9.80. The Morgan fingerprint density at radius 1 is 0.839 bits per heavy atom. The standard InChI is InChI=1S/C26H30N4O/c1-6-7-8-21-24-22-11-17(4)15(2)9-19(22)13-27-29(24)25-23-12-18(5)16(3)10-20(23)14-28-30(25)26(21)31/h9-14,21,24-25H,6-8H2,1-5H3/t21-,24+,25-/m0/s1. The van der Waals surface area contributed by atoms with Crippen LogP contribution in [0.5, 0.6) is 0 Å². The molecular formula is C26H30N4O. The number of nitrogens with zero attached hydrogens (tertiary/aromatic N) is 4. The maximum atomic E-state index is 13.8. The molecule has 0 aromatic heterocycles. The van der Waals surface area contributed by atoms with E-state index in [9.17, 15) is 4.79 Å². The second-order valence-electron chi connectivity index (χ2n) is 9.25. The molecule has 3 atom stereocenters. The highest BCUT2D eigenvalue weighted by Gasteiger charge is 2.50. The normalized spacial score (nSPS) is 23.4. The van der Waals surface area contributed by atoms with Gasteiger partial charge in [-0.15, -0.1) is 0 Å². The summed E-state index contributed by atoms with van der Waals surface area (Å²) in [7, 11) is 0. The highest BCUT2D eigenvalue weighted by molar-refractivity contribution is 5.90. The van der Waals surface area contributed by atoms with Crippen molar-refractivity contribution in [3.05, 3.63) is 68.8 Å². The predicted molar refractivity (Wildman–Crippen MR) is 124 cm³/mol. The predicted octanol–water partition coefficient (Wildman–Crippen LogP) is 5.31. The minimum atomic E-state index is -0.305. The van der Waals surface area contributed by atoms with Crippen molar-refractivity contribution in [2.45, 2.75) is 66.1 Å². The molecule has 2 aromatic carbocycles. The average molecular weight is 415 g/mol. The molecule has 0 bridgehead atoms. The molecule has 1 fully saturated rings. The first kappa shape index (κ1) is 20.0. The van der Waals surface area contributed by atoms with Crippen molar-refractivity contribution >= 4 is 18.3 Å². The molecule has 0 unspecified atom stereocenters. The van der Waals surface area contributed by atoms with Crippen molar-refractivity contribution < 1.29 is 4.79 Å². The summed E-state index contributed by atoms with van der Waals surface area (Å²) < 4.78 is 0. The summed E-state index contributed by atoms with van der Waals surface area (Å²) in [6.45, 7) is 10.7. The van der Waals surface area contributed by atoms with Crippen LogP contribution in [0.15, 0.2) is 34.5 Å². The van der Waals surface area contributed by atoms with Gasteiger partial charge in [-0.2, -0.15) is 10.2 Å². The lowest BCUT2D eigenvalue weighted by Crippen LogP contribution is -2.55. The van der Waals surface area contributed by atoms with E-state index in [-0.39, 0.29) is 24.0 Å². The molecule has 5 rings (SSSR count). The fraction of sp³-hybridized carbons (Fsp3) is 0.423. The van der Waals surface area contributed by atoms with Gasteiger partial charge in [-0.25, -0.2) is 5.01 Å². The zero-order valence-corrected chi connectivity index (χ0v) is 19.0. The first-order chi connectivity index (χ1) is 14.9. The van der Waals surface area contributed by atoms with Gasteiger partial charge < -0.3 is 0 Å². The van der Waals surface area contributed by atoms with Crippen LogP contribution < -0.4 is 0 Å². The van der Waals surface area contributed by atoms with Crippen molar-refractivity contribution in [2.24, 2.45) is 16.1 Å². The third-order valence-electron chi connectivity index (χ3n) is 7.21. The summed E-state index contributed by atoms with van der Waals surface area (Å²) in [5.74, 6) is -0.0409. The Kier molecular flexibility index (Phi) is 4.72. The number of amides is 1. The van der Waals surface area contributed by atoms with Crippen LogP contribution in [-0.2, 0) is 4.79 Å². The van der Waals surface area contributed by atoms with Crippen LogP contribution in [0.3, 0.4) is 0 Å². The van der Waals surface area contributed by atoms with E-state index < -0.39 is 0 Å². The van der Waals surface area contributed by atoms with E-state index in [1.54, 1.807) is 5.01 Å². The molecule has 0 spiro atoms. The molecule has 31 heavy (non-hydrogen) atoms. The van der Waals surface area contributed by atoms with Gasteiger partial charge in [0.2, 0.25) is 0 Å². The molecule has 0 aliphatic carbocycles. The topological polar surface area (TPSA) is 48.3 Å². The van der Waals surface area contributed by atoms with E-state index in [1.807, 2.05) is 12.4 Å². The highest BCUT2D eigenvalue weighted by atomic mass is 16.2. The summed E-state index contributed by atoms with van der Waals surface area (Å²) in [4.78, 5) is 13.8. The van der Waals surface area contributed by atoms with E-state index in [0.717, 1.165) is 36.0 Å². The van der Waals surface area contributed by atoms with Crippen molar-refractivity contribution in [3.63, 3.8) is 0 Å². The van der Waals surface area contributed by atoms with Gasteiger partial charge in [-0.05, 0) is 74.1 Å². The van der Waals surface area contributed by atoms with Crippen LogP contribution in [0.4, 0.5) is 0 Å². The molecule has 0 radical (unpaired) electrons. The van der Waals surface area contributed by atoms with E-state index in [1.165, 1.54) is 27.8 Å². The lowest BCUT2D eigenvalue weighted by Gasteiger charge is -2.51. The number of hydrogen-bond donors (Lipinski definition) is 0. The van der Waals surface area contributed by atoms with Crippen LogP contribution >= 0.6 is 0 Å². The number of rotatable bonds is 3. The van der Waals surface area contributed by atoms with Crippen molar-refractivity contribution in [3.8, 4) is 0 Å². The SMILES string of the molecule is CCCC[C@@H]1C(=O)N2N=Cc3cc(C)c(C)cc3[C@H]2N2N=Cc3cc(C)c(C)cc3[C@@H]12. The molecule has 5 heteroatoms. The number of carbonyl (C=O) groups excluding carboxylic acids is 1. The second kappa shape index (κ2) is 7.33. The number of hydrogen-bond acceptors (Lipinski definition) is 4. The number of benzene rings is 2. The molecule has 3 aliphatic heterocycles. The van der Waals surface area contributed by atoms with Crippen LogP contribution in [0.25, 0.3) is 0 Å². The van der Waals surface area contributed by atoms with Crippen LogP contribution in [0, 0.1) is 33.6 Å². The first-order valence-corrected chi connectivity index (χ1v) is 11.3.